The molecular formula is C15H20N4OS. The van der Waals surface area contributed by atoms with Crippen LogP contribution in [0.2, 0.25) is 0 Å². The van der Waals surface area contributed by atoms with Crippen molar-refractivity contribution in [3.8, 4) is 0 Å². The van der Waals surface area contributed by atoms with Crippen molar-refractivity contribution in [3.05, 3.63) is 34.5 Å². The van der Waals surface area contributed by atoms with Crippen LogP contribution in [-0.2, 0) is 17.8 Å². The Kier molecular flexibility index (Phi) is 4.34. The lowest BCUT2D eigenvalue weighted by Crippen LogP contribution is -2.46. The molecule has 0 N–H and O–H groups in total. The van der Waals surface area contributed by atoms with Gasteiger partial charge in [0.25, 0.3) is 0 Å². The SMILES string of the molecule is Cc1nc(CC(=O)N2CCCC[C@H]2Cn2cccn2)cs1. The van der Waals surface area contributed by atoms with Gasteiger partial charge in [0.15, 0.2) is 0 Å². The fraction of sp³-hybridized carbons (Fsp3) is 0.533. The van der Waals surface area contributed by atoms with E-state index in [9.17, 15) is 4.79 Å². The maximum atomic E-state index is 12.6. The summed E-state index contributed by atoms with van der Waals surface area (Å²) in [6.07, 6.45) is 7.50. The molecular weight excluding hydrogens is 284 g/mol. The highest BCUT2D eigenvalue weighted by atomic mass is 32.1. The number of likely N-dealkylation sites (tertiary alicyclic amines) is 1. The fourth-order valence-electron chi connectivity index (χ4n) is 2.89. The number of aryl methyl sites for hydroxylation is 1. The number of amides is 1. The van der Waals surface area contributed by atoms with Crippen LogP contribution in [0.4, 0.5) is 0 Å². The molecule has 0 unspecified atom stereocenters. The topological polar surface area (TPSA) is 51.0 Å². The molecule has 3 heterocycles. The lowest BCUT2D eigenvalue weighted by Gasteiger charge is -2.35. The second-order valence-electron chi connectivity index (χ2n) is 5.50. The Hall–Kier alpha value is -1.69. The summed E-state index contributed by atoms with van der Waals surface area (Å²) < 4.78 is 1.92. The van der Waals surface area contributed by atoms with Gasteiger partial charge in [-0.3, -0.25) is 9.48 Å². The van der Waals surface area contributed by atoms with Crippen molar-refractivity contribution >= 4 is 17.2 Å². The van der Waals surface area contributed by atoms with E-state index in [-0.39, 0.29) is 11.9 Å². The fourth-order valence-corrected chi connectivity index (χ4v) is 3.50. The summed E-state index contributed by atoms with van der Waals surface area (Å²) in [4.78, 5) is 19.0. The van der Waals surface area contributed by atoms with Crippen LogP contribution >= 0.6 is 11.3 Å². The largest absolute Gasteiger partial charge is 0.338 e. The monoisotopic (exact) mass is 304 g/mol. The van der Waals surface area contributed by atoms with Crippen LogP contribution in [0.15, 0.2) is 23.8 Å². The number of hydrogen-bond donors (Lipinski definition) is 0. The summed E-state index contributed by atoms with van der Waals surface area (Å²) in [7, 11) is 0. The van der Waals surface area contributed by atoms with Crippen molar-refractivity contribution in [2.45, 2.75) is 45.2 Å². The van der Waals surface area contributed by atoms with Gasteiger partial charge in [-0.15, -0.1) is 11.3 Å². The minimum atomic E-state index is 0.192. The van der Waals surface area contributed by atoms with Gasteiger partial charge in [0.05, 0.1) is 29.7 Å². The molecule has 1 saturated heterocycles. The van der Waals surface area contributed by atoms with E-state index in [1.54, 1.807) is 17.5 Å². The number of aromatic nitrogens is 3. The highest BCUT2D eigenvalue weighted by molar-refractivity contribution is 7.09. The molecule has 1 aliphatic rings. The van der Waals surface area contributed by atoms with E-state index in [1.807, 2.05) is 34.1 Å². The zero-order valence-electron chi connectivity index (χ0n) is 12.2. The van der Waals surface area contributed by atoms with Crippen molar-refractivity contribution in [1.82, 2.24) is 19.7 Å². The normalized spacial score (nSPS) is 18.9. The van der Waals surface area contributed by atoms with Gasteiger partial charge < -0.3 is 4.90 Å². The van der Waals surface area contributed by atoms with Gasteiger partial charge in [-0.1, -0.05) is 0 Å². The van der Waals surface area contributed by atoms with Crippen molar-refractivity contribution in [2.75, 3.05) is 6.54 Å². The first-order valence-corrected chi connectivity index (χ1v) is 8.28. The molecule has 0 radical (unpaired) electrons. The molecule has 6 heteroatoms. The van der Waals surface area contributed by atoms with Crippen molar-refractivity contribution in [1.29, 1.82) is 0 Å². The van der Waals surface area contributed by atoms with Crippen LogP contribution in [0.25, 0.3) is 0 Å². The van der Waals surface area contributed by atoms with Crippen molar-refractivity contribution in [3.63, 3.8) is 0 Å². The number of hydrogen-bond acceptors (Lipinski definition) is 4. The van der Waals surface area contributed by atoms with E-state index in [1.165, 1.54) is 6.42 Å². The Morgan fingerprint density at radius 1 is 1.48 bits per heavy atom. The van der Waals surface area contributed by atoms with E-state index >= 15 is 0 Å². The Morgan fingerprint density at radius 3 is 3.10 bits per heavy atom. The van der Waals surface area contributed by atoms with E-state index in [0.717, 1.165) is 36.6 Å². The minimum Gasteiger partial charge on any atom is -0.338 e. The summed E-state index contributed by atoms with van der Waals surface area (Å²) in [5.41, 5.74) is 0.894. The summed E-state index contributed by atoms with van der Waals surface area (Å²) in [5.74, 6) is 0.192. The average molecular weight is 304 g/mol. The lowest BCUT2D eigenvalue weighted by molar-refractivity contribution is -0.134. The molecule has 2 aromatic heterocycles. The van der Waals surface area contributed by atoms with Gasteiger partial charge in [0.2, 0.25) is 5.91 Å². The number of carbonyl (C=O) groups is 1. The quantitative estimate of drug-likeness (QED) is 0.870. The zero-order valence-corrected chi connectivity index (χ0v) is 13.1. The summed E-state index contributed by atoms with van der Waals surface area (Å²) in [6, 6.07) is 2.18. The van der Waals surface area contributed by atoms with Gasteiger partial charge in [-0.25, -0.2) is 4.98 Å². The zero-order chi connectivity index (χ0) is 14.7. The molecule has 1 aliphatic heterocycles. The van der Waals surface area contributed by atoms with Gasteiger partial charge in [-0.2, -0.15) is 5.10 Å². The summed E-state index contributed by atoms with van der Waals surface area (Å²) in [5, 5.41) is 7.26. The van der Waals surface area contributed by atoms with Gasteiger partial charge in [-0.05, 0) is 32.3 Å². The standard InChI is InChI=1S/C15H20N4OS/c1-12-17-13(11-21-12)9-15(20)19-8-3-2-5-14(19)10-18-7-4-6-16-18/h4,6-7,11,14H,2-3,5,8-10H2,1H3/t14-/m0/s1. The number of piperidine rings is 1. The van der Waals surface area contributed by atoms with Crippen LogP contribution in [0.3, 0.4) is 0 Å². The third-order valence-electron chi connectivity index (χ3n) is 3.90. The number of thiazole rings is 1. The molecule has 0 aromatic carbocycles. The molecule has 3 rings (SSSR count). The molecule has 21 heavy (non-hydrogen) atoms. The first-order valence-electron chi connectivity index (χ1n) is 7.40. The highest BCUT2D eigenvalue weighted by Crippen LogP contribution is 2.20. The molecule has 1 atom stereocenters. The molecule has 2 aromatic rings. The van der Waals surface area contributed by atoms with Crippen LogP contribution in [0.1, 0.15) is 30.0 Å². The molecule has 112 valence electrons. The molecule has 0 bridgehead atoms. The first kappa shape index (κ1) is 14.3. The predicted molar refractivity (Wildman–Crippen MR) is 82.1 cm³/mol. The molecule has 0 spiro atoms. The van der Waals surface area contributed by atoms with Crippen LogP contribution in [0.5, 0.6) is 0 Å². The second-order valence-corrected chi connectivity index (χ2v) is 6.56. The third kappa shape index (κ3) is 3.50. The molecule has 0 aliphatic carbocycles. The lowest BCUT2D eigenvalue weighted by atomic mass is 10.0. The van der Waals surface area contributed by atoms with Crippen LogP contribution in [-0.4, -0.2) is 38.2 Å². The van der Waals surface area contributed by atoms with Crippen molar-refractivity contribution < 1.29 is 4.79 Å². The first-order chi connectivity index (χ1) is 10.2. The van der Waals surface area contributed by atoms with E-state index in [2.05, 4.69) is 10.1 Å². The van der Waals surface area contributed by atoms with Crippen LogP contribution < -0.4 is 0 Å². The maximum absolute atomic E-state index is 12.6. The highest BCUT2D eigenvalue weighted by Gasteiger charge is 2.27. The predicted octanol–water partition coefficient (Wildman–Crippen LogP) is 2.27. The second kappa shape index (κ2) is 6.39. The average Bonchev–Trinajstić information content (AvgIpc) is 3.11. The van der Waals surface area contributed by atoms with E-state index < -0.39 is 0 Å². The van der Waals surface area contributed by atoms with Gasteiger partial charge in [0, 0.05) is 24.3 Å². The molecule has 0 saturated carbocycles. The Balaban J connectivity index is 1.66. The Labute approximate surface area is 128 Å². The summed E-state index contributed by atoms with van der Waals surface area (Å²) in [6.45, 7) is 3.61. The van der Waals surface area contributed by atoms with Crippen molar-refractivity contribution in [2.24, 2.45) is 0 Å². The van der Waals surface area contributed by atoms with Gasteiger partial charge >= 0.3 is 0 Å². The molecule has 1 fully saturated rings. The maximum Gasteiger partial charge on any atom is 0.228 e. The smallest absolute Gasteiger partial charge is 0.228 e. The summed E-state index contributed by atoms with van der Waals surface area (Å²) >= 11 is 1.60. The number of carbonyl (C=O) groups excluding carboxylic acids is 1. The van der Waals surface area contributed by atoms with E-state index in [4.69, 9.17) is 0 Å². The minimum absolute atomic E-state index is 0.192. The number of nitrogens with zero attached hydrogens (tertiary/aromatic N) is 4. The Morgan fingerprint density at radius 2 is 2.38 bits per heavy atom. The number of rotatable bonds is 4. The Bertz CT molecular complexity index is 593. The van der Waals surface area contributed by atoms with Crippen LogP contribution in [0, 0.1) is 6.92 Å². The third-order valence-corrected chi connectivity index (χ3v) is 4.73. The molecule has 5 nitrogen and oxygen atoms in total. The molecule has 1 amide bonds. The van der Waals surface area contributed by atoms with Gasteiger partial charge in [0.1, 0.15) is 0 Å². The van der Waals surface area contributed by atoms with E-state index in [0.29, 0.717) is 6.42 Å².